The number of hydrogen-bond acceptors (Lipinski definition) is 7. The molecule has 7 nitrogen and oxygen atoms in total. The minimum Gasteiger partial charge on any atom is -0.491 e. The predicted molar refractivity (Wildman–Crippen MR) is 86.8 cm³/mol. The smallest absolute Gasteiger partial charge is 0.491 e. The molecule has 0 N–H and O–H groups in total. The fourth-order valence-electron chi connectivity index (χ4n) is 2.45. The fourth-order valence-corrected chi connectivity index (χ4v) is 2.98. The van der Waals surface area contributed by atoms with Gasteiger partial charge in [0.15, 0.2) is 0 Å². The first-order chi connectivity index (χ1) is 12.6. The lowest BCUT2D eigenvalue weighted by atomic mass is 9.77. The molecule has 1 unspecified atom stereocenters. The highest BCUT2D eigenvalue weighted by Crippen LogP contribution is 2.39. The Morgan fingerprint density at radius 1 is 1.37 bits per heavy atom. The first kappa shape index (κ1) is 21.0. The SMILES string of the molecule is CCOC(=O)C1(COc2cccnc2)CC=C(OS(=O)(=O)C(F)(F)F)CC1. The number of allylic oxidation sites excluding steroid dienone is 2. The number of hydrogen-bond donors (Lipinski definition) is 0. The van der Waals surface area contributed by atoms with Gasteiger partial charge in [-0.05, 0) is 38.0 Å². The average Bonchev–Trinajstić information content (AvgIpc) is 2.61. The van der Waals surface area contributed by atoms with Crippen molar-refractivity contribution in [3.8, 4) is 5.75 Å². The Hall–Kier alpha value is -2.30. The van der Waals surface area contributed by atoms with Gasteiger partial charge in [0.25, 0.3) is 0 Å². The van der Waals surface area contributed by atoms with E-state index in [1.165, 1.54) is 6.20 Å². The predicted octanol–water partition coefficient (Wildman–Crippen LogP) is 2.94. The van der Waals surface area contributed by atoms with Crippen molar-refractivity contribution < 1.29 is 40.0 Å². The van der Waals surface area contributed by atoms with Gasteiger partial charge < -0.3 is 13.7 Å². The molecule has 0 fully saturated rings. The van der Waals surface area contributed by atoms with Crippen LogP contribution in [0.1, 0.15) is 26.2 Å². The lowest BCUT2D eigenvalue weighted by molar-refractivity contribution is -0.158. The quantitative estimate of drug-likeness (QED) is 0.388. The van der Waals surface area contributed by atoms with Gasteiger partial charge in [-0.25, -0.2) is 0 Å². The molecule has 1 heterocycles. The monoisotopic (exact) mass is 409 g/mol. The van der Waals surface area contributed by atoms with Gasteiger partial charge in [-0.3, -0.25) is 9.78 Å². The Labute approximate surface area is 154 Å². The topological polar surface area (TPSA) is 91.8 Å². The highest BCUT2D eigenvalue weighted by Gasteiger charge is 2.50. The number of aromatic nitrogens is 1. The molecule has 27 heavy (non-hydrogen) atoms. The summed E-state index contributed by atoms with van der Waals surface area (Å²) in [4.78, 5) is 16.3. The third kappa shape index (κ3) is 5.12. The number of esters is 1. The molecule has 2 rings (SSSR count). The molecule has 11 heteroatoms. The maximum atomic E-state index is 12.4. The van der Waals surface area contributed by atoms with Gasteiger partial charge in [-0.2, -0.15) is 21.6 Å². The van der Waals surface area contributed by atoms with Crippen molar-refractivity contribution in [2.24, 2.45) is 5.41 Å². The summed E-state index contributed by atoms with van der Waals surface area (Å²) in [5.41, 5.74) is -6.69. The zero-order valence-corrected chi connectivity index (χ0v) is 15.2. The number of alkyl halides is 3. The van der Waals surface area contributed by atoms with Gasteiger partial charge in [-0.15, -0.1) is 0 Å². The van der Waals surface area contributed by atoms with Crippen LogP contribution in [-0.2, 0) is 23.8 Å². The van der Waals surface area contributed by atoms with Crippen LogP contribution in [0.2, 0.25) is 0 Å². The van der Waals surface area contributed by atoms with E-state index in [1.54, 1.807) is 25.3 Å². The van der Waals surface area contributed by atoms with Crippen LogP contribution in [-0.4, -0.2) is 38.1 Å². The van der Waals surface area contributed by atoms with E-state index in [4.69, 9.17) is 9.47 Å². The van der Waals surface area contributed by atoms with Crippen LogP contribution < -0.4 is 4.74 Å². The Balaban J connectivity index is 2.15. The largest absolute Gasteiger partial charge is 0.534 e. The Morgan fingerprint density at radius 2 is 2.11 bits per heavy atom. The molecule has 0 bridgehead atoms. The average molecular weight is 409 g/mol. The number of ether oxygens (including phenoxy) is 2. The van der Waals surface area contributed by atoms with Crippen LogP contribution in [0.3, 0.4) is 0 Å². The maximum absolute atomic E-state index is 12.4. The van der Waals surface area contributed by atoms with Crippen LogP contribution >= 0.6 is 0 Å². The summed E-state index contributed by atoms with van der Waals surface area (Å²) in [6.07, 6.45) is 3.87. The van der Waals surface area contributed by atoms with E-state index in [-0.39, 0.29) is 38.2 Å². The summed E-state index contributed by atoms with van der Waals surface area (Å²) in [5.74, 6) is -0.539. The highest BCUT2D eigenvalue weighted by molar-refractivity contribution is 7.87. The van der Waals surface area contributed by atoms with Crippen molar-refractivity contribution in [3.05, 3.63) is 36.4 Å². The van der Waals surface area contributed by atoms with E-state index >= 15 is 0 Å². The van der Waals surface area contributed by atoms with Gasteiger partial charge in [0.05, 0.1) is 12.8 Å². The summed E-state index contributed by atoms with van der Waals surface area (Å²) < 4.78 is 74.3. The third-order valence-electron chi connectivity index (χ3n) is 3.93. The molecule has 0 aromatic carbocycles. The van der Waals surface area contributed by atoms with E-state index in [0.29, 0.717) is 5.75 Å². The van der Waals surface area contributed by atoms with E-state index in [0.717, 1.165) is 6.08 Å². The van der Waals surface area contributed by atoms with Crippen LogP contribution in [0.5, 0.6) is 5.75 Å². The van der Waals surface area contributed by atoms with Gasteiger partial charge in [0.1, 0.15) is 23.5 Å². The first-order valence-electron chi connectivity index (χ1n) is 7.99. The number of carbonyl (C=O) groups is 1. The Kier molecular flexibility index (Phi) is 6.34. The van der Waals surface area contributed by atoms with Gasteiger partial charge in [-0.1, -0.05) is 0 Å². The van der Waals surface area contributed by atoms with E-state index < -0.39 is 27.0 Å². The highest BCUT2D eigenvalue weighted by atomic mass is 32.2. The molecule has 0 amide bonds. The van der Waals surface area contributed by atoms with Crippen LogP contribution in [0.25, 0.3) is 0 Å². The summed E-state index contributed by atoms with van der Waals surface area (Å²) in [6, 6.07) is 3.27. The third-order valence-corrected chi connectivity index (χ3v) is 4.93. The summed E-state index contributed by atoms with van der Waals surface area (Å²) >= 11 is 0. The second kappa shape index (κ2) is 8.15. The molecule has 150 valence electrons. The second-order valence-electron chi connectivity index (χ2n) is 5.84. The van der Waals surface area contributed by atoms with Crippen molar-refractivity contribution >= 4 is 16.1 Å². The van der Waals surface area contributed by atoms with Gasteiger partial charge in [0.2, 0.25) is 0 Å². The Morgan fingerprint density at radius 3 is 2.63 bits per heavy atom. The second-order valence-corrected chi connectivity index (χ2v) is 7.37. The zero-order chi connectivity index (χ0) is 20.1. The maximum Gasteiger partial charge on any atom is 0.534 e. The molecule has 0 saturated carbocycles. The van der Waals surface area contributed by atoms with Crippen molar-refractivity contribution in [1.29, 1.82) is 0 Å². The van der Waals surface area contributed by atoms with Crippen molar-refractivity contribution in [2.45, 2.75) is 31.7 Å². The van der Waals surface area contributed by atoms with Gasteiger partial charge in [0, 0.05) is 12.6 Å². The lowest BCUT2D eigenvalue weighted by Gasteiger charge is -2.33. The minimum atomic E-state index is -5.74. The van der Waals surface area contributed by atoms with E-state index in [1.807, 2.05) is 0 Å². The number of nitrogens with zero attached hydrogens (tertiary/aromatic N) is 1. The molecule has 1 aromatic rings. The first-order valence-corrected chi connectivity index (χ1v) is 9.40. The zero-order valence-electron chi connectivity index (χ0n) is 14.4. The molecule has 1 aliphatic carbocycles. The molecular formula is C16H18F3NO6S. The number of rotatable bonds is 7. The molecule has 1 aliphatic rings. The van der Waals surface area contributed by atoms with Crippen LogP contribution in [0.15, 0.2) is 36.4 Å². The molecule has 0 spiro atoms. The van der Waals surface area contributed by atoms with E-state index in [9.17, 15) is 26.4 Å². The molecule has 0 radical (unpaired) electrons. The molecule has 1 atom stereocenters. The van der Waals surface area contributed by atoms with Gasteiger partial charge >= 0.3 is 21.6 Å². The van der Waals surface area contributed by atoms with Crippen molar-refractivity contribution in [3.63, 3.8) is 0 Å². The molecule has 0 aliphatic heterocycles. The van der Waals surface area contributed by atoms with Crippen LogP contribution in [0.4, 0.5) is 13.2 Å². The summed E-state index contributed by atoms with van der Waals surface area (Å²) in [6.45, 7) is 1.63. The number of pyridine rings is 1. The van der Waals surface area contributed by atoms with E-state index in [2.05, 4.69) is 9.17 Å². The number of carbonyl (C=O) groups excluding carboxylic acids is 1. The van der Waals surface area contributed by atoms with Crippen molar-refractivity contribution in [1.82, 2.24) is 4.98 Å². The normalized spacial score (nSPS) is 20.5. The van der Waals surface area contributed by atoms with Crippen LogP contribution in [0, 0.1) is 5.41 Å². The number of halogens is 3. The Bertz CT molecular complexity index is 794. The summed E-state index contributed by atoms with van der Waals surface area (Å²) in [7, 11) is -5.74. The minimum absolute atomic E-state index is 0.00526. The molecule has 0 saturated heterocycles. The molecular weight excluding hydrogens is 391 g/mol. The standard InChI is InChI=1S/C16H18F3NO6S/c1-2-24-14(21)15(11-25-13-4-3-9-20-10-13)7-5-12(6-8-15)26-27(22,23)16(17,18)19/h3-5,9-10H,2,6-8,11H2,1H3. The molecule has 1 aromatic heterocycles. The lowest BCUT2D eigenvalue weighted by Crippen LogP contribution is -2.40. The fraction of sp³-hybridized carbons (Fsp3) is 0.500. The van der Waals surface area contributed by atoms with Crippen molar-refractivity contribution in [2.75, 3.05) is 13.2 Å². The summed E-state index contributed by atoms with van der Waals surface area (Å²) in [5, 5.41) is 0.